The minimum absolute atomic E-state index is 0.0220. The molecule has 0 saturated heterocycles. The van der Waals surface area contributed by atoms with Crippen LogP contribution < -0.4 is 10.6 Å². The molecule has 2 amide bonds. The van der Waals surface area contributed by atoms with Crippen molar-refractivity contribution >= 4 is 64.7 Å². The fraction of sp³-hybridized carbons (Fsp3) is 0.143. The first-order chi connectivity index (χ1) is 12.0. The van der Waals surface area contributed by atoms with Gasteiger partial charge < -0.3 is 10.6 Å². The summed E-state index contributed by atoms with van der Waals surface area (Å²) >= 11 is 8.40. The van der Waals surface area contributed by atoms with Gasteiger partial charge in [-0.05, 0) is 17.7 Å². The van der Waals surface area contributed by atoms with E-state index >= 15 is 0 Å². The van der Waals surface area contributed by atoms with Gasteiger partial charge in [0.05, 0.1) is 21.3 Å². The van der Waals surface area contributed by atoms with Crippen LogP contribution in [0.5, 0.6) is 0 Å². The van der Waals surface area contributed by atoms with Crippen molar-refractivity contribution in [1.29, 1.82) is 0 Å². The predicted molar refractivity (Wildman–Crippen MR) is 97.9 cm³/mol. The van der Waals surface area contributed by atoms with E-state index in [0.717, 1.165) is 9.79 Å². The number of halogens is 1. The number of rotatable bonds is 1. The van der Waals surface area contributed by atoms with E-state index in [-0.39, 0.29) is 17.1 Å². The predicted octanol–water partition coefficient (Wildman–Crippen LogP) is 2.34. The first-order valence-corrected chi connectivity index (χ1v) is 9.27. The third-order valence-electron chi connectivity index (χ3n) is 2.92. The van der Waals surface area contributed by atoms with Crippen molar-refractivity contribution in [3.05, 3.63) is 30.1 Å². The first kappa shape index (κ1) is 17.6. The Balaban J connectivity index is 0.000000146. The van der Waals surface area contributed by atoms with Crippen LogP contribution in [0, 0.1) is 0 Å². The molecule has 0 aromatic carbocycles. The lowest BCUT2D eigenvalue weighted by Crippen LogP contribution is -2.20. The second-order valence-corrected chi connectivity index (χ2v) is 7.04. The molecule has 0 fully saturated rings. The normalized spacial score (nSPS) is 14.9. The SMILES string of the molecule is C=Cc1ncc2c(n1)NC(=O)CS2.O=C1CSc2cnc(Cl)nc2N1. The highest BCUT2D eigenvalue weighted by Crippen LogP contribution is 2.29. The summed E-state index contributed by atoms with van der Waals surface area (Å²) in [6.45, 7) is 3.55. The highest BCUT2D eigenvalue weighted by Gasteiger charge is 2.17. The second-order valence-electron chi connectivity index (χ2n) is 4.67. The molecule has 2 aliphatic heterocycles. The lowest BCUT2D eigenvalue weighted by atomic mass is 10.5. The van der Waals surface area contributed by atoms with Crippen LogP contribution in [0.4, 0.5) is 11.6 Å². The van der Waals surface area contributed by atoms with Gasteiger partial charge in [-0.25, -0.2) is 15.0 Å². The largest absolute Gasteiger partial charge is 0.309 e. The minimum atomic E-state index is -0.0535. The Morgan fingerprint density at radius 3 is 2.16 bits per heavy atom. The van der Waals surface area contributed by atoms with Crippen LogP contribution in [0.2, 0.25) is 5.28 Å². The molecule has 2 aromatic heterocycles. The smallest absolute Gasteiger partial charge is 0.235 e. The maximum absolute atomic E-state index is 11.0. The summed E-state index contributed by atoms with van der Waals surface area (Å²) in [7, 11) is 0. The molecule has 0 radical (unpaired) electrons. The van der Waals surface area contributed by atoms with Crippen LogP contribution in [-0.4, -0.2) is 43.3 Å². The van der Waals surface area contributed by atoms with Gasteiger partial charge in [0.2, 0.25) is 17.1 Å². The quantitative estimate of drug-likeness (QED) is 0.709. The van der Waals surface area contributed by atoms with E-state index in [9.17, 15) is 9.59 Å². The van der Waals surface area contributed by atoms with Crippen molar-refractivity contribution < 1.29 is 9.59 Å². The summed E-state index contributed by atoms with van der Waals surface area (Å²) in [5, 5.41) is 5.43. The number of anilines is 2. The number of carbonyl (C=O) groups is 2. The molecule has 25 heavy (non-hydrogen) atoms. The lowest BCUT2D eigenvalue weighted by Gasteiger charge is -2.14. The van der Waals surface area contributed by atoms with Gasteiger partial charge in [0.15, 0.2) is 11.6 Å². The molecule has 2 N–H and O–H groups in total. The van der Waals surface area contributed by atoms with Crippen molar-refractivity contribution in [2.45, 2.75) is 9.79 Å². The summed E-state index contributed by atoms with van der Waals surface area (Å²) in [6.07, 6.45) is 4.85. The summed E-state index contributed by atoms with van der Waals surface area (Å²) in [6, 6.07) is 0. The van der Waals surface area contributed by atoms with Gasteiger partial charge in [0.1, 0.15) is 5.82 Å². The summed E-state index contributed by atoms with van der Waals surface area (Å²) in [5.74, 6) is 2.40. The van der Waals surface area contributed by atoms with E-state index in [1.807, 2.05) is 0 Å². The van der Waals surface area contributed by atoms with E-state index in [1.165, 1.54) is 23.5 Å². The van der Waals surface area contributed by atoms with Crippen LogP contribution >= 0.6 is 35.1 Å². The number of amides is 2. The summed E-state index contributed by atoms with van der Waals surface area (Å²) in [5.41, 5.74) is 0. The molecule has 0 spiro atoms. The number of carbonyl (C=O) groups excluding carboxylic acids is 2. The van der Waals surface area contributed by atoms with Gasteiger partial charge in [0, 0.05) is 12.4 Å². The van der Waals surface area contributed by atoms with Crippen molar-refractivity contribution in [2.24, 2.45) is 0 Å². The Kier molecular flexibility index (Phi) is 5.51. The fourth-order valence-electron chi connectivity index (χ4n) is 1.85. The Hall–Kier alpha value is -2.17. The Morgan fingerprint density at radius 1 is 1.00 bits per heavy atom. The maximum atomic E-state index is 11.0. The molecule has 128 valence electrons. The molecule has 0 aliphatic carbocycles. The molecule has 11 heteroatoms. The standard InChI is InChI=1S/C8H7N3OS.C6H4ClN3OS/c1-2-6-9-3-5-8(10-6)11-7(12)4-13-5;7-6-8-1-3-5(10-6)9-4(11)2-12-3/h2-3H,1,4H2,(H,9,10,11,12);1H,2H2,(H,8,9,10,11). The van der Waals surface area contributed by atoms with Gasteiger partial charge in [-0.15, -0.1) is 23.5 Å². The van der Waals surface area contributed by atoms with E-state index in [1.54, 1.807) is 18.5 Å². The van der Waals surface area contributed by atoms with Crippen LogP contribution in [-0.2, 0) is 9.59 Å². The average Bonchev–Trinajstić information content (AvgIpc) is 2.61. The van der Waals surface area contributed by atoms with Crippen molar-refractivity contribution in [2.75, 3.05) is 22.1 Å². The maximum Gasteiger partial charge on any atom is 0.235 e. The van der Waals surface area contributed by atoms with Crippen LogP contribution in [0.15, 0.2) is 28.8 Å². The topological polar surface area (TPSA) is 110 Å². The zero-order valence-corrected chi connectivity index (χ0v) is 15.0. The molecular formula is C14H11ClN6O2S2. The Bertz CT molecular complexity index is 863. The Labute approximate surface area is 156 Å². The lowest BCUT2D eigenvalue weighted by molar-refractivity contribution is -0.114. The number of thioether (sulfide) groups is 2. The second kappa shape index (κ2) is 7.81. The summed E-state index contributed by atoms with van der Waals surface area (Å²) in [4.78, 5) is 39.5. The molecule has 0 atom stereocenters. The zero-order valence-electron chi connectivity index (χ0n) is 12.7. The molecular weight excluding hydrogens is 384 g/mol. The molecule has 2 aliphatic rings. The molecule has 4 rings (SSSR count). The first-order valence-electron chi connectivity index (χ1n) is 6.92. The van der Waals surface area contributed by atoms with E-state index in [4.69, 9.17) is 11.6 Å². The molecule has 0 bridgehead atoms. The van der Waals surface area contributed by atoms with Gasteiger partial charge >= 0.3 is 0 Å². The van der Waals surface area contributed by atoms with Crippen molar-refractivity contribution in [3.63, 3.8) is 0 Å². The summed E-state index contributed by atoms with van der Waals surface area (Å²) < 4.78 is 0. The van der Waals surface area contributed by atoms with Gasteiger partial charge in [0.25, 0.3) is 0 Å². The van der Waals surface area contributed by atoms with E-state index in [2.05, 4.69) is 37.1 Å². The number of nitrogens with zero attached hydrogens (tertiary/aromatic N) is 4. The average molecular weight is 395 g/mol. The number of nitrogens with one attached hydrogen (secondary N) is 2. The van der Waals surface area contributed by atoms with Crippen molar-refractivity contribution in [3.8, 4) is 0 Å². The molecule has 0 saturated carbocycles. The van der Waals surface area contributed by atoms with Crippen LogP contribution in [0.1, 0.15) is 5.82 Å². The number of hydrogen-bond donors (Lipinski definition) is 2. The number of hydrogen-bond acceptors (Lipinski definition) is 8. The molecule has 2 aromatic rings. The molecule has 0 unspecified atom stereocenters. The number of aromatic nitrogens is 4. The number of fused-ring (bicyclic) bond motifs is 2. The highest BCUT2D eigenvalue weighted by molar-refractivity contribution is 8.00. The third kappa shape index (κ3) is 4.47. The van der Waals surface area contributed by atoms with E-state index in [0.29, 0.717) is 29.0 Å². The molecule has 4 heterocycles. The zero-order chi connectivity index (χ0) is 17.8. The van der Waals surface area contributed by atoms with Crippen molar-refractivity contribution in [1.82, 2.24) is 19.9 Å². The van der Waals surface area contributed by atoms with Gasteiger partial charge in [-0.1, -0.05) is 6.58 Å². The third-order valence-corrected chi connectivity index (χ3v) is 5.13. The van der Waals surface area contributed by atoms with E-state index < -0.39 is 0 Å². The van der Waals surface area contributed by atoms with Crippen LogP contribution in [0.3, 0.4) is 0 Å². The van der Waals surface area contributed by atoms with Gasteiger partial charge in [-0.3, -0.25) is 9.59 Å². The monoisotopic (exact) mass is 394 g/mol. The van der Waals surface area contributed by atoms with Gasteiger partial charge in [-0.2, -0.15) is 4.98 Å². The minimum Gasteiger partial charge on any atom is -0.309 e. The fourth-order valence-corrected chi connectivity index (χ4v) is 3.42. The Morgan fingerprint density at radius 2 is 1.56 bits per heavy atom. The van der Waals surface area contributed by atoms with Crippen LogP contribution in [0.25, 0.3) is 6.08 Å². The molecule has 8 nitrogen and oxygen atoms in total. The highest BCUT2D eigenvalue weighted by atomic mass is 35.5.